The Kier molecular flexibility index (Phi) is 6.49. The summed E-state index contributed by atoms with van der Waals surface area (Å²) in [5.74, 6) is -0.704. The van der Waals surface area contributed by atoms with Crippen LogP contribution in [0.2, 0.25) is 0 Å². The van der Waals surface area contributed by atoms with Crippen LogP contribution in [0.4, 0.5) is 0 Å². The molecule has 1 aliphatic heterocycles. The lowest BCUT2D eigenvalue weighted by Crippen LogP contribution is -2.34. The van der Waals surface area contributed by atoms with E-state index >= 15 is 0 Å². The van der Waals surface area contributed by atoms with Crippen LogP contribution in [-0.4, -0.2) is 48.0 Å². The third-order valence-corrected chi connectivity index (χ3v) is 5.03. The normalized spacial score (nSPS) is 16.0. The largest absolute Gasteiger partial charge is 0.497 e. The van der Waals surface area contributed by atoms with E-state index in [4.69, 9.17) is 9.84 Å². The predicted octanol–water partition coefficient (Wildman–Crippen LogP) is 2.10. The van der Waals surface area contributed by atoms with E-state index in [1.165, 1.54) is 0 Å². The average molecular weight is 396 g/mol. The van der Waals surface area contributed by atoms with Gasteiger partial charge in [-0.15, -0.1) is 0 Å². The Hall–Kier alpha value is -3.35. The third kappa shape index (κ3) is 5.34. The number of rotatable bonds is 8. The quantitative estimate of drug-likeness (QED) is 0.712. The van der Waals surface area contributed by atoms with Crippen molar-refractivity contribution in [2.45, 2.75) is 19.4 Å². The van der Waals surface area contributed by atoms with Crippen LogP contribution >= 0.6 is 0 Å². The lowest BCUT2D eigenvalue weighted by molar-refractivity contribution is -0.129. The molecule has 7 heteroatoms. The van der Waals surface area contributed by atoms with Crippen LogP contribution in [0.3, 0.4) is 0 Å². The van der Waals surface area contributed by atoms with E-state index in [1.807, 2.05) is 24.3 Å². The summed E-state index contributed by atoms with van der Waals surface area (Å²) in [6, 6.07) is 14.1. The van der Waals surface area contributed by atoms with Crippen LogP contribution in [-0.2, 0) is 22.6 Å². The zero-order valence-electron chi connectivity index (χ0n) is 16.3. The third-order valence-electron chi connectivity index (χ3n) is 5.03. The zero-order chi connectivity index (χ0) is 20.8. The molecular weight excluding hydrogens is 372 g/mol. The molecule has 0 aromatic heterocycles. The van der Waals surface area contributed by atoms with Gasteiger partial charge < -0.3 is 20.1 Å². The molecule has 1 saturated heterocycles. The number of amides is 2. The van der Waals surface area contributed by atoms with Crippen LogP contribution in [0.25, 0.3) is 0 Å². The van der Waals surface area contributed by atoms with E-state index in [2.05, 4.69) is 5.32 Å². The van der Waals surface area contributed by atoms with E-state index in [0.717, 1.165) is 16.9 Å². The van der Waals surface area contributed by atoms with Crippen molar-refractivity contribution in [1.82, 2.24) is 10.2 Å². The Morgan fingerprint density at radius 2 is 1.76 bits per heavy atom. The van der Waals surface area contributed by atoms with Crippen LogP contribution in [0.15, 0.2) is 48.5 Å². The molecule has 1 unspecified atom stereocenters. The smallest absolute Gasteiger partial charge is 0.335 e. The maximum absolute atomic E-state index is 12.4. The van der Waals surface area contributed by atoms with Gasteiger partial charge in [-0.2, -0.15) is 0 Å². The van der Waals surface area contributed by atoms with Gasteiger partial charge in [0.15, 0.2) is 0 Å². The molecule has 29 heavy (non-hydrogen) atoms. The molecule has 0 spiro atoms. The number of methoxy groups -OCH3 is 1. The fraction of sp³-hybridized carbons (Fsp3) is 0.318. The first kappa shape index (κ1) is 20.4. The molecule has 1 aliphatic rings. The topological polar surface area (TPSA) is 95.9 Å². The number of carbonyl (C=O) groups excluding carboxylic acids is 2. The summed E-state index contributed by atoms with van der Waals surface area (Å²) in [5.41, 5.74) is 2.17. The van der Waals surface area contributed by atoms with E-state index < -0.39 is 5.97 Å². The molecule has 0 aliphatic carbocycles. The van der Waals surface area contributed by atoms with Gasteiger partial charge in [0.25, 0.3) is 0 Å². The highest BCUT2D eigenvalue weighted by Crippen LogP contribution is 2.21. The minimum atomic E-state index is -0.963. The molecule has 3 rings (SSSR count). The first-order chi connectivity index (χ1) is 14.0. The van der Waals surface area contributed by atoms with Crippen LogP contribution in [0.1, 0.15) is 27.9 Å². The molecule has 2 aromatic rings. The Morgan fingerprint density at radius 3 is 2.38 bits per heavy atom. The van der Waals surface area contributed by atoms with Gasteiger partial charge in [0, 0.05) is 26.1 Å². The molecule has 0 bridgehead atoms. The number of benzene rings is 2. The molecule has 152 valence electrons. The molecule has 2 aromatic carbocycles. The number of nitrogens with one attached hydrogen (secondary N) is 1. The maximum atomic E-state index is 12.4. The number of hydrogen-bond acceptors (Lipinski definition) is 4. The summed E-state index contributed by atoms with van der Waals surface area (Å²) in [6.07, 6.45) is 0.817. The van der Waals surface area contributed by atoms with E-state index in [0.29, 0.717) is 26.1 Å². The van der Waals surface area contributed by atoms with Gasteiger partial charge in [0.1, 0.15) is 5.75 Å². The van der Waals surface area contributed by atoms with Crippen molar-refractivity contribution in [3.05, 3.63) is 65.2 Å². The van der Waals surface area contributed by atoms with Gasteiger partial charge in [0.2, 0.25) is 11.8 Å². The summed E-state index contributed by atoms with van der Waals surface area (Å²) in [6.45, 7) is 1.32. The molecular formula is C22H24N2O5. The van der Waals surface area contributed by atoms with E-state index in [-0.39, 0.29) is 29.7 Å². The second-order valence-electron chi connectivity index (χ2n) is 7.07. The van der Waals surface area contributed by atoms with Crippen molar-refractivity contribution in [2.24, 2.45) is 5.92 Å². The number of carbonyl (C=O) groups is 3. The Morgan fingerprint density at radius 1 is 1.10 bits per heavy atom. The molecule has 0 radical (unpaired) electrons. The minimum Gasteiger partial charge on any atom is -0.497 e. The van der Waals surface area contributed by atoms with Crippen molar-refractivity contribution in [2.75, 3.05) is 20.2 Å². The van der Waals surface area contributed by atoms with Gasteiger partial charge in [-0.1, -0.05) is 24.3 Å². The Labute approximate surface area is 169 Å². The highest BCUT2D eigenvalue weighted by molar-refractivity contribution is 5.89. The number of hydrogen-bond donors (Lipinski definition) is 2. The Bertz CT molecular complexity index is 877. The monoisotopic (exact) mass is 396 g/mol. The number of nitrogens with zero attached hydrogens (tertiary/aromatic N) is 1. The lowest BCUT2D eigenvalue weighted by atomic mass is 10.1. The number of carboxylic acids is 1. The van der Waals surface area contributed by atoms with Crippen molar-refractivity contribution in [3.8, 4) is 5.75 Å². The fourth-order valence-electron chi connectivity index (χ4n) is 3.34. The highest BCUT2D eigenvalue weighted by Gasteiger charge is 2.34. The summed E-state index contributed by atoms with van der Waals surface area (Å²) >= 11 is 0. The molecule has 7 nitrogen and oxygen atoms in total. The first-order valence-corrected chi connectivity index (χ1v) is 9.47. The van der Waals surface area contributed by atoms with Gasteiger partial charge >= 0.3 is 5.97 Å². The van der Waals surface area contributed by atoms with E-state index in [9.17, 15) is 14.4 Å². The summed E-state index contributed by atoms with van der Waals surface area (Å²) in [5, 5.41) is 11.8. The van der Waals surface area contributed by atoms with Gasteiger partial charge in [-0.3, -0.25) is 9.59 Å². The van der Waals surface area contributed by atoms with E-state index in [1.54, 1.807) is 36.3 Å². The highest BCUT2D eigenvalue weighted by atomic mass is 16.5. The van der Waals surface area contributed by atoms with Gasteiger partial charge in [-0.05, 0) is 41.8 Å². The van der Waals surface area contributed by atoms with Crippen LogP contribution < -0.4 is 10.1 Å². The van der Waals surface area contributed by atoms with Crippen LogP contribution in [0, 0.1) is 5.92 Å². The van der Waals surface area contributed by atoms with Crippen molar-refractivity contribution in [1.29, 1.82) is 0 Å². The molecule has 1 fully saturated rings. The number of carboxylic acid groups (broad SMARTS) is 1. The standard InChI is InChI=1S/C22H24N2O5/c1-29-19-8-4-16(5-9-19)13-24-14-18(12-20(24)25)21(26)23-11-10-15-2-6-17(7-3-15)22(27)28/h2-9,18H,10-14H2,1H3,(H,23,26)(H,27,28). The molecule has 1 heterocycles. The fourth-order valence-corrected chi connectivity index (χ4v) is 3.34. The molecule has 0 saturated carbocycles. The number of aromatic carboxylic acids is 1. The van der Waals surface area contributed by atoms with Gasteiger partial charge in [0.05, 0.1) is 18.6 Å². The van der Waals surface area contributed by atoms with Crippen molar-refractivity contribution < 1.29 is 24.2 Å². The number of ether oxygens (including phenoxy) is 1. The SMILES string of the molecule is COc1ccc(CN2CC(C(=O)NCCc3ccc(C(=O)O)cc3)CC2=O)cc1. The van der Waals surface area contributed by atoms with Crippen LogP contribution in [0.5, 0.6) is 5.75 Å². The molecule has 1 atom stereocenters. The maximum Gasteiger partial charge on any atom is 0.335 e. The summed E-state index contributed by atoms with van der Waals surface area (Å²) in [4.78, 5) is 37.3. The summed E-state index contributed by atoms with van der Waals surface area (Å²) in [7, 11) is 1.60. The number of likely N-dealkylation sites (tertiary alicyclic amines) is 1. The molecule has 2 N–H and O–H groups in total. The van der Waals surface area contributed by atoms with Gasteiger partial charge in [-0.25, -0.2) is 4.79 Å². The molecule has 2 amide bonds. The lowest BCUT2D eigenvalue weighted by Gasteiger charge is -2.17. The van der Waals surface area contributed by atoms with Crippen molar-refractivity contribution in [3.63, 3.8) is 0 Å². The van der Waals surface area contributed by atoms with Crippen molar-refractivity contribution >= 4 is 17.8 Å². The Balaban J connectivity index is 1.46. The summed E-state index contributed by atoms with van der Waals surface area (Å²) < 4.78 is 5.13. The zero-order valence-corrected chi connectivity index (χ0v) is 16.3. The second kappa shape index (κ2) is 9.23. The average Bonchev–Trinajstić information content (AvgIpc) is 3.09. The predicted molar refractivity (Wildman–Crippen MR) is 107 cm³/mol. The first-order valence-electron chi connectivity index (χ1n) is 9.47. The second-order valence-corrected chi connectivity index (χ2v) is 7.07. The minimum absolute atomic E-state index is 0.0229.